The van der Waals surface area contributed by atoms with Gasteiger partial charge in [0.15, 0.2) is 5.82 Å². The highest BCUT2D eigenvalue weighted by Gasteiger charge is 2.05. The molecule has 0 aliphatic heterocycles. The maximum atomic E-state index is 10.8. The molecule has 0 aliphatic rings. The van der Waals surface area contributed by atoms with Gasteiger partial charge in [-0.15, -0.1) is 6.42 Å². The average Bonchev–Trinajstić information content (AvgIpc) is 2.34. The molecule has 0 atom stereocenters. The molecular formula is C7H6N2O. The highest BCUT2D eigenvalue weighted by molar-refractivity contribution is 6.06. The van der Waals surface area contributed by atoms with E-state index in [0.717, 1.165) is 0 Å². The van der Waals surface area contributed by atoms with E-state index in [0.29, 0.717) is 5.82 Å². The van der Waals surface area contributed by atoms with Crippen molar-refractivity contribution in [3.63, 3.8) is 0 Å². The number of Topliss-reactive ketones (excluding diaryl/α,β-unsaturated/α-hetero) is 1. The summed E-state index contributed by atoms with van der Waals surface area (Å²) >= 11 is 0. The van der Waals surface area contributed by atoms with Crippen LogP contribution in [0.15, 0.2) is 12.4 Å². The fraction of sp³-hybridized carbons (Fsp3) is 0.143. The number of aromatic nitrogens is 2. The van der Waals surface area contributed by atoms with Gasteiger partial charge in [0.1, 0.15) is 0 Å². The number of aryl methyl sites for hydroxylation is 1. The van der Waals surface area contributed by atoms with Crippen LogP contribution in [0.1, 0.15) is 10.6 Å². The summed E-state index contributed by atoms with van der Waals surface area (Å²) in [6, 6.07) is 0. The first-order valence-electron chi connectivity index (χ1n) is 2.74. The lowest BCUT2D eigenvalue weighted by Gasteiger charge is -1.91. The van der Waals surface area contributed by atoms with Gasteiger partial charge in [0.2, 0.25) is 0 Å². The van der Waals surface area contributed by atoms with Gasteiger partial charge in [-0.05, 0) is 5.92 Å². The van der Waals surface area contributed by atoms with Gasteiger partial charge in [-0.3, -0.25) is 4.79 Å². The van der Waals surface area contributed by atoms with Gasteiger partial charge in [-0.25, -0.2) is 4.98 Å². The van der Waals surface area contributed by atoms with E-state index in [1.807, 2.05) is 5.92 Å². The van der Waals surface area contributed by atoms with Gasteiger partial charge in [-0.1, -0.05) is 0 Å². The Morgan fingerprint density at radius 1 is 1.90 bits per heavy atom. The number of carbonyl (C=O) groups excluding carboxylic acids is 1. The van der Waals surface area contributed by atoms with Crippen molar-refractivity contribution in [3.05, 3.63) is 18.2 Å². The van der Waals surface area contributed by atoms with Crippen LogP contribution in [-0.4, -0.2) is 15.3 Å². The predicted molar refractivity (Wildman–Crippen MR) is 36.4 cm³/mol. The van der Waals surface area contributed by atoms with E-state index < -0.39 is 0 Å². The Bertz CT molecular complexity index is 293. The Morgan fingerprint density at radius 2 is 2.60 bits per heavy atom. The largest absolute Gasteiger partial charge is 0.331 e. The molecule has 0 bridgehead atoms. The quantitative estimate of drug-likeness (QED) is 0.313. The molecule has 0 fully saturated rings. The highest BCUT2D eigenvalue weighted by Crippen LogP contribution is 1.93. The first kappa shape index (κ1) is 6.56. The minimum Gasteiger partial charge on any atom is -0.331 e. The Labute approximate surface area is 58.7 Å². The molecule has 50 valence electrons. The van der Waals surface area contributed by atoms with Crippen LogP contribution in [0.5, 0.6) is 0 Å². The molecule has 1 heterocycles. The highest BCUT2D eigenvalue weighted by atomic mass is 16.1. The van der Waals surface area contributed by atoms with Gasteiger partial charge in [-0.2, -0.15) is 0 Å². The summed E-state index contributed by atoms with van der Waals surface area (Å²) in [4.78, 5) is 14.5. The Hall–Kier alpha value is -1.56. The van der Waals surface area contributed by atoms with Crippen LogP contribution in [0.4, 0.5) is 0 Å². The molecule has 0 saturated heterocycles. The van der Waals surface area contributed by atoms with E-state index in [2.05, 4.69) is 4.98 Å². The second kappa shape index (κ2) is 2.36. The van der Waals surface area contributed by atoms with Crippen molar-refractivity contribution in [2.75, 3.05) is 0 Å². The molecule has 0 aliphatic carbocycles. The summed E-state index contributed by atoms with van der Waals surface area (Å²) < 4.78 is 1.59. The lowest BCUT2D eigenvalue weighted by atomic mass is 10.4. The summed E-state index contributed by atoms with van der Waals surface area (Å²) in [6.45, 7) is 0. The number of carbonyl (C=O) groups is 1. The molecule has 1 rings (SSSR count). The van der Waals surface area contributed by atoms with Gasteiger partial charge < -0.3 is 4.57 Å². The monoisotopic (exact) mass is 134 g/mol. The van der Waals surface area contributed by atoms with Crippen molar-refractivity contribution in [1.82, 2.24) is 9.55 Å². The first-order chi connectivity index (χ1) is 4.75. The van der Waals surface area contributed by atoms with E-state index >= 15 is 0 Å². The van der Waals surface area contributed by atoms with Crippen molar-refractivity contribution in [2.24, 2.45) is 7.05 Å². The van der Waals surface area contributed by atoms with Crippen molar-refractivity contribution in [2.45, 2.75) is 0 Å². The van der Waals surface area contributed by atoms with Gasteiger partial charge in [0.25, 0.3) is 5.78 Å². The minimum absolute atomic E-state index is 0.308. The topological polar surface area (TPSA) is 34.9 Å². The molecule has 3 heteroatoms. The number of nitrogens with zero attached hydrogens (tertiary/aromatic N) is 2. The number of ketones is 1. The van der Waals surface area contributed by atoms with E-state index in [-0.39, 0.29) is 5.78 Å². The van der Waals surface area contributed by atoms with E-state index in [1.165, 1.54) is 6.20 Å². The Morgan fingerprint density at radius 3 is 3.00 bits per heavy atom. The predicted octanol–water partition coefficient (Wildman–Crippen LogP) is 0.236. The molecule has 1 aromatic rings. The third-order valence-corrected chi connectivity index (χ3v) is 1.16. The van der Waals surface area contributed by atoms with Crippen LogP contribution < -0.4 is 0 Å². The minimum atomic E-state index is -0.382. The third-order valence-electron chi connectivity index (χ3n) is 1.16. The number of terminal acetylenes is 1. The van der Waals surface area contributed by atoms with Crippen molar-refractivity contribution >= 4 is 5.78 Å². The summed E-state index contributed by atoms with van der Waals surface area (Å²) in [6.07, 6.45) is 8.08. The molecule has 0 radical (unpaired) electrons. The average molecular weight is 134 g/mol. The Kier molecular flexibility index (Phi) is 1.55. The van der Waals surface area contributed by atoms with Crippen LogP contribution in [0.3, 0.4) is 0 Å². The van der Waals surface area contributed by atoms with Crippen LogP contribution in [0.25, 0.3) is 0 Å². The summed E-state index contributed by atoms with van der Waals surface area (Å²) in [5.74, 6) is 1.91. The fourth-order valence-corrected chi connectivity index (χ4v) is 0.649. The maximum absolute atomic E-state index is 10.8. The summed E-state index contributed by atoms with van der Waals surface area (Å²) in [5, 5.41) is 0. The third kappa shape index (κ3) is 0.914. The van der Waals surface area contributed by atoms with Crippen LogP contribution in [0.2, 0.25) is 0 Å². The van der Waals surface area contributed by atoms with Crippen molar-refractivity contribution in [3.8, 4) is 12.3 Å². The zero-order chi connectivity index (χ0) is 7.56. The standard InChI is InChI=1S/C7H6N2O/c1-3-6(10)7-8-4-5-9(7)2/h1,4-5H,2H3. The van der Waals surface area contributed by atoms with Crippen molar-refractivity contribution in [1.29, 1.82) is 0 Å². The maximum Gasteiger partial charge on any atom is 0.271 e. The first-order valence-corrected chi connectivity index (χ1v) is 2.74. The second-order valence-electron chi connectivity index (χ2n) is 1.84. The molecule has 0 unspecified atom stereocenters. The fourth-order valence-electron chi connectivity index (χ4n) is 0.649. The zero-order valence-corrected chi connectivity index (χ0v) is 5.53. The van der Waals surface area contributed by atoms with Crippen LogP contribution in [0, 0.1) is 12.3 Å². The molecule has 0 saturated carbocycles. The Balaban J connectivity index is 3.08. The normalized spacial score (nSPS) is 8.80. The molecule has 0 spiro atoms. The lowest BCUT2D eigenvalue weighted by molar-refractivity contribution is 0.104. The smallest absolute Gasteiger partial charge is 0.271 e. The number of imidazole rings is 1. The lowest BCUT2D eigenvalue weighted by Crippen LogP contribution is -2.03. The van der Waals surface area contributed by atoms with E-state index in [1.54, 1.807) is 17.8 Å². The van der Waals surface area contributed by atoms with Crippen LogP contribution >= 0.6 is 0 Å². The van der Waals surface area contributed by atoms with Gasteiger partial charge >= 0.3 is 0 Å². The van der Waals surface area contributed by atoms with Gasteiger partial charge in [0, 0.05) is 19.4 Å². The molecule has 0 aromatic carbocycles. The van der Waals surface area contributed by atoms with Crippen molar-refractivity contribution < 1.29 is 4.79 Å². The number of rotatable bonds is 1. The van der Waals surface area contributed by atoms with E-state index in [9.17, 15) is 4.79 Å². The SMILES string of the molecule is C#CC(=O)c1nccn1C. The number of hydrogen-bond donors (Lipinski definition) is 0. The van der Waals surface area contributed by atoms with Gasteiger partial charge in [0.05, 0.1) is 0 Å². The number of hydrogen-bond acceptors (Lipinski definition) is 2. The molecule has 0 N–H and O–H groups in total. The molecule has 0 amide bonds. The molecule has 3 nitrogen and oxygen atoms in total. The second-order valence-corrected chi connectivity index (χ2v) is 1.84. The summed E-state index contributed by atoms with van der Waals surface area (Å²) in [7, 11) is 1.72. The zero-order valence-electron chi connectivity index (χ0n) is 5.53. The molecule has 10 heavy (non-hydrogen) atoms. The molecular weight excluding hydrogens is 128 g/mol. The summed E-state index contributed by atoms with van der Waals surface area (Å²) in [5.41, 5.74) is 0. The van der Waals surface area contributed by atoms with Crippen LogP contribution in [-0.2, 0) is 7.05 Å². The molecule has 1 aromatic heterocycles. The van der Waals surface area contributed by atoms with E-state index in [4.69, 9.17) is 6.42 Å².